The maximum Gasteiger partial charge on any atom is 0.416 e. The Morgan fingerprint density at radius 1 is 1.08 bits per heavy atom. The van der Waals surface area contributed by atoms with Gasteiger partial charge in [0.2, 0.25) is 5.91 Å². The molecule has 11 heteroatoms. The van der Waals surface area contributed by atoms with E-state index in [1.54, 1.807) is 36.4 Å². The van der Waals surface area contributed by atoms with Crippen LogP contribution in [0.15, 0.2) is 66.9 Å². The van der Waals surface area contributed by atoms with E-state index in [9.17, 15) is 22.8 Å². The molecule has 0 aliphatic carbocycles. The summed E-state index contributed by atoms with van der Waals surface area (Å²) in [5, 5.41) is 10.4. The van der Waals surface area contributed by atoms with E-state index in [4.69, 9.17) is 16.3 Å². The van der Waals surface area contributed by atoms with Gasteiger partial charge in [0.25, 0.3) is 5.91 Å². The molecule has 0 saturated heterocycles. The third-order valence-corrected chi connectivity index (χ3v) is 5.65. The Morgan fingerprint density at radius 2 is 1.86 bits per heavy atom. The number of nitrogens with one attached hydrogen (secondary N) is 2. The van der Waals surface area contributed by atoms with E-state index in [0.29, 0.717) is 22.2 Å². The van der Waals surface area contributed by atoms with Crippen molar-refractivity contribution in [3.05, 3.63) is 88.6 Å². The molecule has 0 fully saturated rings. The second-order valence-electron chi connectivity index (χ2n) is 7.82. The molecule has 2 amide bonds. The van der Waals surface area contributed by atoms with Crippen LogP contribution in [0.4, 0.5) is 18.9 Å². The molecule has 0 radical (unpaired) electrons. The Balaban J connectivity index is 1.60. The molecule has 0 aliphatic rings. The summed E-state index contributed by atoms with van der Waals surface area (Å²) in [6.45, 7) is 0.0953. The number of rotatable bonds is 7. The van der Waals surface area contributed by atoms with Crippen LogP contribution in [0, 0.1) is 0 Å². The molecule has 0 unspecified atom stereocenters. The van der Waals surface area contributed by atoms with Gasteiger partial charge in [-0.3, -0.25) is 9.59 Å². The number of hydrogen-bond acceptors (Lipinski definition) is 4. The quantitative estimate of drug-likeness (QED) is 0.353. The van der Waals surface area contributed by atoms with Crippen LogP contribution in [0.25, 0.3) is 16.6 Å². The Kier molecular flexibility index (Phi) is 7.27. The standard InChI is InChI=1S/C25H20ClF3N4O3/c1-36-14-23(34)30-12-15-8-9-20(26)18(10-15)24(35)32-21-6-3-7-22-19(21)13-31-33(22)17-5-2-4-16(11-17)25(27,28)29/h2-11,13H,12,14H2,1H3,(H,30,34)(H,32,35). The number of carbonyl (C=O) groups is 2. The first-order valence-corrected chi connectivity index (χ1v) is 11.0. The molecule has 36 heavy (non-hydrogen) atoms. The van der Waals surface area contributed by atoms with Crippen molar-refractivity contribution in [1.29, 1.82) is 0 Å². The van der Waals surface area contributed by atoms with E-state index >= 15 is 0 Å². The van der Waals surface area contributed by atoms with E-state index in [-0.39, 0.29) is 35.3 Å². The number of aromatic nitrogens is 2. The number of halogens is 4. The van der Waals surface area contributed by atoms with Crippen molar-refractivity contribution in [1.82, 2.24) is 15.1 Å². The average molecular weight is 517 g/mol. The maximum atomic E-state index is 13.2. The summed E-state index contributed by atoms with van der Waals surface area (Å²) in [5.74, 6) is -0.799. The Hall–Kier alpha value is -3.89. The summed E-state index contributed by atoms with van der Waals surface area (Å²) in [7, 11) is 1.41. The lowest BCUT2D eigenvalue weighted by Gasteiger charge is -2.11. The third-order valence-electron chi connectivity index (χ3n) is 5.32. The van der Waals surface area contributed by atoms with Crippen molar-refractivity contribution < 1.29 is 27.5 Å². The van der Waals surface area contributed by atoms with Crippen LogP contribution in [-0.4, -0.2) is 35.3 Å². The zero-order chi connectivity index (χ0) is 25.9. The number of nitrogens with zero attached hydrogens (tertiary/aromatic N) is 2. The molecule has 0 spiro atoms. The van der Waals surface area contributed by atoms with Gasteiger partial charge in [-0.25, -0.2) is 4.68 Å². The SMILES string of the molecule is COCC(=O)NCc1ccc(Cl)c(C(=O)Nc2cccc3c2cnn3-c2cccc(C(F)(F)F)c2)c1. The fraction of sp³-hybridized carbons (Fsp3) is 0.160. The van der Waals surface area contributed by atoms with Crippen molar-refractivity contribution in [3.63, 3.8) is 0 Å². The average Bonchev–Trinajstić information content (AvgIpc) is 3.28. The molecular weight excluding hydrogens is 497 g/mol. The minimum Gasteiger partial charge on any atom is -0.375 e. The van der Waals surface area contributed by atoms with Gasteiger partial charge in [0, 0.05) is 19.0 Å². The third kappa shape index (κ3) is 5.50. The molecule has 0 aliphatic heterocycles. The van der Waals surface area contributed by atoms with Crippen molar-refractivity contribution in [2.24, 2.45) is 0 Å². The summed E-state index contributed by atoms with van der Waals surface area (Å²) in [6.07, 6.45) is -3.02. The van der Waals surface area contributed by atoms with Crippen LogP contribution in [0.2, 0.25) is 5.02 Å². The normalized spacial score (nSPS) is 11.5. The Labute approximate surface area is 208 Å². The number of alkyl halides is 3. The molecule has 7 nitrogen and oxygen atoms in total. The minimum atomic E-state index is -4.49. The topological polar surface area (TPSA) is 85.2 Å². The van der Waals surface area contributed by atoms with Crippen LogP contribution in [0.5, 0.6) is 0 Å². The molecule has 186 valence electrons. The van der Waals surface area contributed by atoms with Gasteiger partial charge in [0.05, 0.1) is 39.2 Å². The number of benzene rings is 3. The molecule has 0 bridgehead atoms. The van der Waals surface area contributed by atoms with Crippen LogP contribution < -0.4 is 10.6 Å². The van der Waals surface area contributed by atoms with Gasteiger partial charge in [0.1, 0.15) is 6.61 Å². The molecular formula is C25H20ClF3N4O3. The van der Waals surface area contributed by atoms with Crippen LogP contribution in [0.1, 0.15) is 21.5 Å². The summed E-state index contributed by atoms with van der Waals surface area (Å²) >= 11 is 6.25. The minimum absolute atomic E-state index is 0.0842. The summed E-state index contributed by atoms with van der Waals surface area (Å²) in [4.78, 5) is 24.7. The largest absolute Gasteiger partial charge is 0.416 e. The lowest BCUT2D eigenvalue weighted by atomic mass is 10.1. The number of amides is 2. The van der Waals surface area contributed by atoms with E-state index in [0.717, 1.165) is 12.1 Å². The highest BCUT2D eigenvalue weighted by atomic mass is 35.5. The van der Waals surface area contributed by atoms with Gasteiger partial charge < -0.3 is 15.4 Å². The van der Waals surface area contributed by atoms with Crippen LogP contribution >= 0.6 is 11.6 Å². The number of anilines is 1. The van der Waals surface area contributed by atoms with Crippen molar-refractivity contribution in [2.75, 3.05) is 19.0 Å². The molecule has 0 saturated carbocycles. The lowest BCUT2D eigenvalue weighted by Crippen LogP contribution is -2.26. The van der Waals surface area contributed by atoms with Gasteiger partial charge in [-0.15, -0.1) is 0 Å². The van der Waals surface area contributed by atoms with E-state index in [2.05, 4.69) is 15.7 Å². The van der Waals surface area contributed by atoms with E-state index in [1.807, 2.05) is 0 Å². The predicted molar refractivity (Wildman–Crippen MR) is 129 cm³/mol. The fourth-order valence-electron chi connectivity index (χ4n) is 3.61. The van der Waals surface area contributed by atoms with Gasteiger partial charge in [-0.05, 0) is 48.0 Å². The second-order valence-corrected chi connectivity index (χ2v) is 8.23. The van der Waals surface area contributed by atoms with Crippen LogP contribution in [0.3, 0.4) is 0 Å². The molecule has 2 N–H and O–H groups in total. The molecule has 1 heterocycles. The molecule has 3 aromatic carbocycles. The molecule has 4 rings (SSSR count). The van der Waals surface area contributed by atoms with Gasteiger partial charge >= 0.3 is 6.18 Å². The summed E-state index contributed by atoms with van der Waals surface area (Å²) in [5.41, 5.74) is 1.20. The first-order chi connectivity index (χ1) is 17.2. The number of ether oxygens (including phenoxy) is 1. The molecule has 4 aromatic rings. The first-order valence-electron chi connectivity index (χ1n) is 10.7. The second kappa shape index (κ2) is 10.4. The maximum absolute atomic E-state index is 13.2. The zero-order valence-electron chi connectivity index (χ0n) is 18.9. The fourth-order valence-corrected chi connectivity index (χ4v) is 3.81. The Bertz CT molecular complexity index is 1440. The van der Waals surface area contributed by atoms with Gasteiger partial charge in [0.15, 0.2) is 0 Å². The van der Waals surface area contributed by atoms with Crippen molar-refractivity contribution in [3.8, 4) is 5.69 Å². The molecule has 0 atom stereocenters. The number of fused-ring (bicyclic) bond motifs is 1. The number of hydrogen-bond donors (Lipinski definition) is 2. The highest BCUT2D eigenvalue weighted by molar-refractivity contribution is 6.34. The Morgan fingerprint density at radius 3 is 2.61 bits per heavy atom. The first kappa shape index (κ1) is 25.2. The monoisotopic (exact) mass is 516 g/mol. The highest BCUT2D eigenvalue weighted by Gasteiger charge is 2.30. The zero-order valence-corrected chi connectivity index (χ0v) is 19.7. The number of carbonyl (C=O) groups excluding carboxylic acids is 2. The van der Waals surface area contributed by atoms with E-state index in [1.165, 1.54) is 30.1 Å². The predicted octanol–water partition coefficient (Wildman–Crippen LogP) is 5.21. The van der Waals surface area contributed by atoms with Gasteiger partial charge in [-0.2, -0.15) is 18.3 Å². The smallest absolute Gasteiger partial charge is 0.375 e. The van der Waals surface area contributed by atoms with E-state index < -0.39 is 17.6 Å². The van der Waals surface area contributed by atoms with Crippen molar-refractivity contribution >= 4 is 40.0 Å². The lowest BCUT2D eigenvalue weighted by molar-refractivity contribution is -0.137. The number of methoxy groups -OCH3 is 1. The summed E-state index contributed by atoms with van der Waals surface area (Å²) < 4.78 is 45.6. The van der Waals surface area contributed by atoms with Crippen LogP contribution in [-0.2, 0) is 22.3 Å². The highest BCUT2D eigenvalue weighted by Crippen LogP contribution is 2.32. The van der Waals surface area contributed by atoms with Crippen molar-refractivity contribution in [2.45, 2.75) is 12.7 Å². The molecule has 1 aromatic heterocycles. The summed E-state index contributed by atoms with van der Waals surface area (Å²) in [6, 6.07) is 14.6. The van der Waals surface area contributed by atoms with Gasteiger partial charge in [-0.1, -0.05) is 29.8 Å².